The largest absolute Gasteiger partial charge is 0.339 e. The number of halogens is 1. The number of aromatic amines is 1. The van der Waals surface area contributed by atoms with E-state index in [1.807, 2.05) is 13.8 Å². The van der Waals surface area contributed by atoms with Crippen LogP contribution >= 0.6 is 11.6 Å². The molecule has 0 saturated carbocycles. The summed E-state index contributed by atoms with van der Waals surface area (Å²) in [5.74, 6) is 0.0302. The van der Waals surface area contributed by atoms with Crippen molar-refractivity contribution in [2.45, 2.75) is 13.8 Å². The Labute approximate surface area is 105 Å². The third-order valence-corrected chi connectivity index (χ3v) is 2.93. The Bertz CT molecular complexity index is 546. The van der Waals surface area contributed by atoms with Gasteiger partial charge in [-0.2, -0.15) is 0 Å². The highest BCUT2D eigenvalue weighted by Crippen LogP contribution is 2.17. The molecule has 1 aromatic carbocycles. The van der Waals surface area contributed by atoms with E-state index in [1.165, 1.54) is 0 Å². The van der Waals surface area contributed by atoms with Crippen LogP contribution in [0.2, 0.25) is 5.28 Å². The van der Waals surface area contributed by atoms with Crippen molar-refractivity contribution >= 4 is 28.5 Å². The zero-order valence-electron chi connectivity index (χ0n) is 9.83. The number of nitrogens with zero attached hydrogens (tertiary/aromatic N) is 2. The topological polar surface area (TPSA) is 49.0 Å². The summed E-state index contributed by atoms with van der Waals surface area (Å²) >= 11 is 5.77. The number of fused-ring (bicyclic) bond motifs is 1. The van der Waals surface area contributed by atoms with Gasteiger partial charge in [-0.25, -0.2) is 4.98 Å². The average Bonchev–Trinajstić information content (AvgIpc) is 2.69. The van der Waals surface area contributed by atoms with Crippen molar-refractivity contribution < 1.29 is 4.79 Å². The molecule has 90 valence electrons. The Morgan fingerprint density at radius 3 is 2.76 bits per heavy atom. The first-order valence-electron chi connectivity index (χ1n) is 5.60. The maximum Gasteiger partial charge on any atom is 0.253 e. The van der Waals surface area contributed by atoms with Gasteiger partial charge in [0, 0.05) is 18.7 Å². The molecule has 2 aromatic rings. The number of hydrogen-bond acceptors (Lipinski definition) is 2. The van der Waals surface area contributed by atoms with Gasteiger partial charge in [0.1, 0.15) is 0 Å². The number of H-pyrrole nitrogens is 1. The smallest absolute Gasteiger partial charge is 0.253 e. The van der Waals surface area contributed by atoms with Crippen molar-refractivity contribution in [2.75, 3.05) is 13.1 Å². The van der Waals surface area contributed by atoms with Gasteiger partial charge >= 0.3 is 0 Å². The van der Waals surface area contributed by atoms with Crippen molar-refractivity contribution in [3.63, 3.8) is 0 Å². The van der Waals surface area contributed by atoms with Crippen LogP contribution in [0.5, 0.6) is 0 Å². The van der Waals surface area contributed by atoms with E-state index in [-0.39, 0.29) is 5.91 Å². The molecule has 0 fully saturated rings. The standard InChI is InChI=1S/C12H14ClN3O/c1-3-16(4-2)11(17)8-5-6-9-10(7-8)15-12(13)14-9/h5-7H,3-4H2,1-2H3,(H,14,15). The first-order valence-corrected chi connectivity index (χ1v) is 5.98. The van der Waals surface area contributed by atoms with Crippen LogP contribution in [-0.4, -0.2) is 33.9 Å². The predicted molar refractivity (Wildman–Crippen MR) is 68.4 cm³/mol. The molecular weight excluding hydrogens is 238 g/mol. The Morgan fingerprint density at radius 2 is 2.12 bits per heavy atom. The van der Waals surface area contributed by atoms with Gasteiger partial charge in [-0.3, -0.25) is 4.79 Å². The van der Waals surface area contributed by atoms with Crippen molar-refractivity contribution in [1.29, 1.82) is 0 Å². The summed E-state index contributed by atoms with van der Waals surface area (Å²) < 4.78 is 0. The summed E-state index contributed by atoms with van der Waals surface area (Å²) in [4.78, 5) is 20.9. The number of carbonyl (C=O) groups is 1. The second-order valence-corrected chi connectivity index (χ2v) is 4.09. The molecule has 1 amide bonds. The van der Waals surface area contributed by atoms with Gasteiger partial charge < -0.3 is 9.88 Å². The Morgan fingerprint density at radius 1 is 1.41 bits per heavy atom. The minimum absolute atomic E-state index is 0.0302. The molecule has 5 heteroatoms. The number of imidazole rings is 1. The third kappa shape index (κ3) is 2.26. The molecule has 0 spiro atoms. The summed E-state index contributed by atoms with van der Waals surface area (Å²) in [6, 6.07) is 5.36. The van der Waals surface area contributed by atoms with Gasteiger partial charge in [-0.1, -0.05) is 0 Å². The van der Waals surface area contributed by atoms with Crippen LogP contribution in [0.15, 0.2) is 18.2 Å². The van der Waals surface area contributed by atoms with Crippen LogP contribution in [0, 0.1) is 0 Å². The molecule has 0 bridgehead atoms. The van der Waals surface area contributed by atoms with E-state index in [0.717, 1.165) is 11.0 Å². The lowest BCUT2D eigenvalue weighted by atomic mass is 10.1. The molecular formula is C12H14ClN3O. The number of hydrogen-bond donors (Lipinski definition) is 1. The first-order chi connectivity index (χ1) is 8.15. The second kappa shape index (κ2) is 4.75. The van der Waals surface area contributed by atoms with Gasteiger partial charge in [0.25, 0.3) is 5.91 Å². The molecule has 0 aliphatic heterocycles. The summed E-state index contributed by atoms with van der Waals surface area (Å²) in [7, 11) is 0. The molecule has 1 aromatic heterocycles. The number of carbonyl (C=O) groups excluding carboxylic acids is 1. The molecule has 0 unspecified atom stereocenters. The molecule has 0 radical (unpaired) electrons. The Hall–Kier alpha value is -1.55. The van der Waals surface area contributed by atoms with Crippen LogP contribution in [0.3, 0.4) is 0 Å². The average molecular weight is 252 g/mol. The number of amides is 1. The molecule has 0 saturated heterocycles. The molecule has 4 nitrogen and oxygen atoms in total. The van der Waals surface area contributed by atoms with Gasteiger partial charge in [-0.15, -0.1) is 0 Å². The van der Waals surface area contributed by atoms with E-state index in [4.69, 9.17) is 11.6 Å². The molecule has 2 rings (SSSR count). The zero-order chi connectivity index (χ0) is 12.4. The van der Waals surface area contributed by atoms with Gasteiger partial charge in [0.05, 0.1) is 11.0 Å². The number of aromatic nitrogens is 2. The molecule has 1 heterocycles. The van der Waals surface area contributed by atoms with E-state index >= 15 is 0 Å². The fraction of sp³-hybridized carbons (Fsp3) is 0.333. The molecule has 17 heavy (non-hydrogen) atoms. The van der Waals surface area contributed by atoms with Crippen molar-refractivity contribution in [2.24, 2.45) is 0 Å². The van der Waals surface area contributed by atoms with Gasteiger partial charge in [0.2, 0.25) is 5.28 Å². The summed E-state index contributed by atoms with van der Waals surface area (Å²) in [5.41, 5.74) is 2.21. The maximum absolute atomic E-state index is 12.1. The fourth-order valence-corrected chi connectivity index (χ4v) is 2.00. The maximum atomic E-state index is 12.1. The Balaban J connectivity index is 2.38. The highest BCUT2D eigenvalue weighted by atomic mass is 35.5. The first kappa shape index (κ1) is 11.9. The summed E-state index contributed by atoms with van der Waals surface area (Å²) in [6.45, 7) is 5.34. The highest BCUT2D eigenvalue weighted by molar-refractivity contribution is 6.29. The van der Waals surface area contributed by atoms with Crippen molar-refractivity contribution in [1.82, 2.24) is 14.9 Å². The van der Waals surface area contributed by atoms with Crippen molar-refractivity contribution in [3.8, 4) is 0 Å². The monoisotopic (exact) mass is 251 g/mol. The lowest BCUT2D eigenvalue weighted by Gasteiger charge is -2.18. The normalized spacial score (nSPS) is 10.8. The molecule has 0 aliphatic carbocycles. The van der Waals surface area contributed by atoms with Gasteiger partial charge in [-0.05, 0) is 43.6 Å². The van der Waals surface area contributed by atoms with Crippen LogP contribution in [-0.2, 0) is 0 Å². The van der Waals surface area contributed by atoms with E-state index in [1.54, 1.807) is 23.1 Å². The minimum atomic E-state index is 0.0302. The predicted octanol–water partition coefficient (Wildman–Crippen LogP) is 2.70. The Kier molecular flexibility index (Phi) is 3.33. The minimum Gasteiger partial charge on any atom is -0.339 e. The van der Waals surface area contributed by atoms with Crippen LogP contribution < -0.4 is 0 Å². The van der Waals surface area contributed by atoms with E-state index in [9.17, 15) is 4.79 Å². The van der Waals surface area contributed by atoms with Crippen LogP contribution in [0.25, 0.3) is 11.0 Å². The quantitative estimate of drug-likeness (QED) is 0.912. The van der Waals surface area contributed by atoms with E-state index in [0.29, 0.717) is 23.9 Å². The van der Waals surface area contributed by atoms with Crippen LogP contribution in [0.4, 0.5) is 0 Å². The fourth-order valence-electron chi connectivity index (χ4n) is 1.80. The van der Waals surface area contributed by atoms with E-state index in [2.05, 4.69) is 9.97 Å². The lowest BCUT2D eigenvalue weighted by molar-refractivity contribution is 0.0773. The van der Waals surface area contributed by atoms with Crippen molar-refractivity contribution in [3.05, 3.63) is 29.0 Å². The summed E-state index contributed by atoms with van der Waals surface area (Å²) in [6.07, 6.45) is 0. The number of rotatable bonds is 3. The zero-order valence-corrected chi connectivity index (χ0v) is 10.6. The lowest BCUT2D eigenvalue weighted by Crippen LogP contribution is -2.30. The molecule has 0 atom stereocenters. The SMILES string of the molecule is CCN(CC)C(=O)c1ccc2nc(Cl)[nH]c2c1. The molecule has 0 aliphatic rings. The third-order valence-electron chi connectivity index (χ3n) is 2.75. The summed E-state index contributed by atoms with van der Waals surface area (Å²) in [5, 5.41) is 0.340. The molecule has 1 N–H and O–H groups in total. The number of benzene rings is 1. The second-order valence-electron chi connectivity index (χ2n) is 3.74. The highest BCUT2D eigenvalue weighted by Gasteiger charge is 2.13. The van der Waals surface area contributed by atoms with Gasteiger partial charge in [0.15, 0.2) is 0 Å². The number of nitrogens with one attached hydrogen (secondary N) is 1. The van der Waals surface area contributed by atoms with E-state index < -0.39 is 0 Å². The van der Waals surface area contributed by atoms with Crippen LogP contribution in [0.1, 0.15) is 24.2 Å².